The lowest BCUT2D eigenvalue weighted by molar-refractivity contribution is -0.300. The van der Waals surface area contributed by atoms with E-state index < -0.39 is 47.7 Å². The second-order valence-corrected chi connectivity index (χ2v) is 13.2. The molecule has 3 N–H and O–H groups in total. The minimum atomic E-state index is -1.77. The molecular weight excluding hydrogens is 536 g/mol. The van der Waals surface area contributed by atoms with Crippen LogP contribution in [-0.2, 0) is 23.7 Å². The Hall–Kier alpha value is -2.07. The van der Waals surface area contributed by atoms with Crippen molar-refractivity contribution in [2.24, 2.45) is 23.7 Å². The van der Waals surface area contributed by atoms with Gasteiger partial charge in [0.25, 0.3) is 0 Å². The van der Waals surface area contributed by atoms with Crippen molar-refractivity contribution in [2.75, 3.05) is 6.61 Å². The van der Waals surface area contributed by atoms with Crippen LogP contribution in [0.25, 0.3) is 0 Å². The number of esters is 1. The van der Waals surface area contributed by atoms with Crippen LogP contribution in [0.2, 0.25) is 0 Å². The van der Waals surface area contributed by atoms with Crippen molar-refractivity contribution in [1.29, 1.82) is 0 Å². The van der Waals surface area contributed by atoms with E-state index in [1.807, 2.05) is 32.1 Å². The summed E-state index contributed by atoms with van der Waals surface area (Å²) in [6, 6.07) is 0. The molecule has 0 amide bonds. The molecule has 4 heterocycles. The average Bonchev–Trinajstić information content (AvgIpc) is 3.30. The molecule has 8 heteroatoms. The summed E-state index contributed by atoms with van der Waals surface area (Å²) in [5, 5.41) is 34.0. The van der Waals surface area contributed by atoms with E-state index in [0.29, 0.717) is 36.3 Å². The largest absolute Gasteiger partial charge is 0.462 e. The monoisotopic (exact) mass is 584 g/mol. The SMILES string of the molecule is CCC(C)[C@H]1O[C@]2(C=C[C@@H]1C)C[C@@H]1C[C@@H](C/C=C(\C)[C@@H](O)[C@@H](C)/C=C/C=C3\CO[C@@H]4[C@H](O)C(C)=C[C@@H](C(=O)O1)[C@]34O)O2. The van der Waals surface area contributed by atoms with Crippen molar-refractivity contribution in [3.05, 3.63) is 59.3 Å². The Kier molecular flexibility index (Phi) is 9.06. The summed E-state index contributed by atoms with van der Waals surface area (Å²) in [6.07, 6.45) is 11.7. The van der Waals surface area contributed by atoms with Gasteiger partial charge in [0, 0.05) is 24.7 Å². The lowest BCUT2D eigenvalue weighted by Crippen LogP contribution is -2.58. The molecule has 8 nitrogen and oxygen atoms in total. The van der Waals surface area contributed by atoms with Gasteiger partial charge in [-0.3, -0.25) is 4.79 Å². The third kappa shape index (κ3) is 5.74. The fraction of sp³-hybridized carbons (Fsp3) is 0.676. The Balaban J connectivity index is 1.54. The van der Waals surface area contributed by atoms with Crippen molar-refractivity contribution in [2.45, 2.75) is 115 Å². The second kappa shape index (κ2) is 12.1. The van der Waals surface area contributed by atoms with Crippen LogP contribution in [-0.4, -0.2) is 75.9 Å². The molecule has 2 fully saturated rings. The number of aliphatic hydroxyl groups is 3. The number of rotatable bonds is 2. The summed E-state index contributed by atoms with van der Waals surface area (Å²) in [5.74, 6) is -2.35. The van der Waals surface area contributed by atoms with Crippen molar-refractivity contribution in [3.8, 4) is 0 Å². The van der Waals surface area contributed by atoms with Crippen LogP contribution in [0.15, 0.2) is 59.3 Å². The highest BCUT2D eigenvalue weighted by molar-refractivity contribution is 5.78. The predicted octanol–water partition coefficient (Wildman–Crippen LogP) is 4.31. The van der Waals surface area contributed by atoms with Crippen LogP contribution in [0.4, 0.5) is 0 Å². The summed E-state index contributed by atoms with van der Waals surface area (Å²) in [4.78, 5) is 14.0. The molecule has 5 aliphatic rings. The van der Waals surface area contributed by atoms with Crippen LogP contribution < -0.4 is 0 Å². The van der Waals surface area contributed by atoms with Crippen molar-refractivity contribution < 1.29 is 39.1 Å². The quantitative estimate of drug-likeness (QED) is 0.325. The van der Waals surface area contributed by atoms with Gasteiger partial charge < -0.3 is 34.3 Å². The smallest absolute Gasteiger partial charge is 0.316 e. The Morgan fingerprint density at radius 3 is 2.55 bits per heavy atom. The minimum absolute atomic E-state index is 0.0464. The highest BCUT2D eigenvalue weighted by Crippen LogP contribution is 2.47. The van der Waals surface area contributed by atoms with Gasteiger partial charge >= 0.3 is 5.97 Å². The van der Waals surface area contributed by atoms with E-state index in [9.17, 15) is 20.1 Å². The highest BCUT2D eigenvalue weighted by Gasteiger charge is 2.60. The number of ether oxygens (including phenoxy) is 4. The van der Waals surface area contributed by atoms with Gasteiger partial charge in [-0.25, -0.2) is 0 Å². The van der Waals surface area contributed by atoms with Crippen LogP contribution in [0.3, 0.4) is 0 Å². The third-order valence-electron chi connectivity index (χ3n) is 10.1. The van der Waals surface area contributed by atoms with E-state index in [4.69, 9.17) is 18.9 Å². The van der Waals surface area contributed by atoms with Gasteiger partial charge in [0.05, 0.1) is 24.9 Å². The maximum Gasteiger partial charge on any atom is 0.316 e. The van der Waals surface area contributed by atoms with Crippen LogP contribution in [0.1, 0.15) is 67.2 Å². The zero-order chi connectivity index (χ0) is 30.4. The Bertz CT molecular complexity index is 1180. The summed E-state index contributed by atoms with van der Waals surface area (Å²) in [6.45, 7) is 12.1. The van der Waals surface area contributed by atoms with Crippen LogP contribution in [0.5, 0.6) is 0 Å². The zero-order valence-electron chi connectivity index (χ0n) is 25.7. The zero-order valence-corrected chi connectivity index (χ0v) is 25.7. The molecule has 0 saturated carbocycles. The number of aliphatic hydroxyl groups excluding tert-OH is 2. The van der Waals surface area contributed by atoms with Gasteiger partial charge in [-0.15, -0.1) is 0 Å². The Labute approximate surface area is 249 Å². The maximum absolute atomic E-state index is 14.0. The first kappa shape index (κ1) is 31.4. The van der Waals surface area contributed by atoms with E-state index in [1.165, 1.54) is 0 Å². The van der Waals surface area contributed by atoms with Crippen molar-refractivity contribution in [1.82, 2.24) is 0 Å². The summed E-state index contributed by atoms with van der Waals surface area (Å²) in [5.41, 5.74) is 0.101. The number of hydrogen-bond donors (Lipinski definition) is 3. The summed E-state index contributed by atoms with van der Waals surface area (Å²) < 4.78 is 25.5. The molecule has 232 valence electrons. The molecular formula is C34H48O8. The summed E-state index contributed by atoms with van der Waals surface area (Å²) in [7, 11) is 0. The molecule has 12 atom stereocenters. The molecule has 1 aliphatic carbocycles. The fourth-order valence-electron chi connectivity index (χ4n) is 7.15. The first-order valence-corrected chi connectivity index (χ1v) is 15.6. The second-order valence-electron chi connectivity index (χ2n) is 13.2. The number of fused-ring (bicyclic) bond motifs is 2. The molecule has 1 spiro atoms. The van der Waals surface area contributed by atoms with E-state index in [2.05, 4.69) is 26.8 Å². The van der Waals surface area contributed by atoms with Gasteiger partial charge in [0.15, 0.2) is 5.79 Å². The first-order chi connectivity index (χ1) is 19.9. The molecule has 0 aromatic heterocycles. The molecule has 4 aliphatic heterocycles. The summed E-state index contributed by atoms with van der Waals surface area (Å²) >= 11 is 0. The van der Waals surface area contributed by atoms with Gasteiger partial charge in [-0.2, -0.15) is 0 Å². The average molecular weight is 585 g/mol. The highest BCUT2D eigenvalue weighted by atomic mass is 16.7. The molecule has 2 bridgehead atoms. The number of hydrogen-bond acceptors (Lipinski definition) is 8. The lowest BCUT2D eigenvalue weighted by Gasteiger charge is -2.48. The van der Waals surface area contributed by atoms with Crippen LogP contribution in [0, 0.1) is 23.7 Å². The predicted molar refractivity (Wildman–Crippen MR) is 158 cm³/mol. The molecule has 2 saturated heterocycles. The lowest BCUT2D eigenvalue weighted by atomic mass is 9.71. The Morgan fingerprint density at radius 2 is 1.81 bits per heavy atom. The molecule has 0 radical (unpaired) electrons. The topological polar surface area (TPSA) is 115 Å². The third-order valence-corrected chi connectivity index (χ3v) is 10.1. The van der Waals surface area contributed by atoms with Gasteiger partial charge in [0.1, 0.15) is 29.8 Å². The van der Waals surface area contributed by atoms with E-state index in [-0.39, 0.29) is 30.7 Å². The fourth-order valence-corrected chi connectivity index (χ4v) is 7.15. The van der Waals surface area contributed by atoms with Crippen molar-refractivity contribution >= 4 is 5.97 Å². The Morgan fingerprint density at radius 1 is 1.05 bits per heavy atom. The van der Waals surface area contributed by atoms with Crippen molar-refractivity contribution in [3.63, 3.8) is 0 Å². The molecule has 5 rings (SSSR count). The first-order valence-electron chi connectivity index (χ1n) is 15.6. The van der Waals surface area contributed by atoms with E-state index >= 15 is 0 Å². The number of allylic oxidation sites excluding steroid dienone is 2. The van der Waals surface area contributed by atoms with Gasteiger partial charge in [0.2, 0.25) is 0 Å². The van der Waals surface area contributed by atoms with E-state index in [1.54, 1.807) is 25.2 Å². The maximum atomic E-state index is 14.0. The standard InChI is InChI=1S/C34H48O8/c1-7-19(2)30-22(5)13-14-33(42-30)17-26-16-25(41-33)12-11-21(4)28(35)20(3)9-8-10-24-18-39-31-29(36)23(6)15-27(32(37)40-26)34(24,31)38/h8-11,13-15,19-20,22,25-31,35-36,38H,7,12,16-18H2,1-6H3/b9-8+,21-11+,24-10+/t19?,20-,22-,25+,26-,27-,28-,29+,30+,31+,33+,34+/m0/s1. The van der Waals surface area contributed by atoms with Gasteiger partial charge in [-0.1, -0.05) is 70.6 Å². The minimum Gasteiger partial charge on any atom is -0.462 e. The molecule has 42 heavy (non-hydrogen) atoms. The molecule has 1 unspecified atom stereocenters. The molecule has 0 aromatic carbocycles. The number of carbonyl (C=O) groups is 1. The van der Waals surface area contributed by atoms with Crippen LogP contribution >= 0.6 is 0 Å². The van der Waals surface area contributed by atoms with Gasteiger partial charge in [-0.05, 0) is 49.0 Å². The molecule has 0 aromatic rings. The van der Waals surface area contributed by atoms with E-state index in [0.717, 1.165) is 12.0 Å². The normalized spacial score (nSPS) is 48.3. The number of carbonyl (C=O) groups excluding carboxylic acids is 1.